The molecule has 0 aliphatic heterocycles. The van der Waals surface area contributed by atoms with E-state index in [9.17, 15) is 24.5 Å². The molecule has 9 nitrogen and oxygen atoms in total. The molecule has 0 fully saturated rings. The van der Waals surface area contributed by atoms with Crippen LogP contribution in [0.5, 0.6) is 0 Å². The molecule has 1 atom stereocenters. The van der Waals surface area contributed by atoms with Gasteiger partial charge < -0.3 is 10.1 Å². The number of nitrogens with zero attached hydrogens (tertiary/aromatic N) is 1. The van der Waals surface area contributed by atoms with E-state index in [1.807, 2.05) is 5.32 Å². The van der Waals surface area contributed by atoms with Gasteiger partial charge in [-0.05, 0) is 12.1 Å². The molecular formula is C17H14ClN3O6. The zero-order valence-corrected chi connectivity index (χ0v) is 14.7. The molecule has 0 heterocycles. The summed E-state index contributed by atoms with van der Waals surface area (Å²) in [5, 5.41) is 15.1. The second-order valence-electron chi connectivity index (χ2n) is 5.19. The molecule has 2 aromatic carbocycles. The van der Waals surface area contributed by atoms with Crippen LogP contribution in [0.1, 0.15) is 22.0 Å². The van der Waals surface area contributed by atoms with Gasteiger partial charge in [-0.3, -0.25) is 20.2 Å². The third-order valence-electron chi connectivity index (χ3n) is 3.41. The minimum atomic E-state index is -1.44. The molecule has 0 bridgehead atoms. The van der Waals surface area contributed by atoms with Gasteiger partial charge in [0.05, 0.1) is 10.5 Å². The first kappa shape index (κ1) is 19.9. The SMILES string of the molecule is CNC(=O)NC(=O)[C@H](OC(=O)c1ccc(Cl)c([N+](=O)[O-])c1)c1ccccc1. The van der Waals surface area contributed by atoms with Crippen molar-refractivity contribution in [3.8, 4) is 0 Å². The molecule has 2 aromatic rings. The van der Waals surface area contributed by atoms with Crippen LogP contribution in [0.2, 0.25) is 5.02 Å². The Kier molecular flexibility index (Phi) is 6.45. The summed E-state index contributed by atoms with van der Waals surface area (Å²) >= 11 is 5.72. The van der Waals surface area contributed by atoms with Crippen molar-refractivity contribution in [2.75, 3.05) is 7.05 Å². The van der Waals surface area contributed by atoms with E-state index in [0.717, 1.165) is 6.07 Å². The molecule has 10 heteroatoms. The van der Waals surface area contributed by atoms with Gasteiger partial charge in [0, 0.05) is 18.7 Å². The summed E-state index contributed by atoms with van der Waals surface area (Å²) in [6.45, 7) is 0. The Balaban J connectivity index is 2.31. The number of nitro benzene ring substituents is 1. The lowest BCUT2D eigenvalue weighted by atomic mass is 10.1. The molecule has 3 amide bonds. The Morgan fingerprint density at radius 1 is 1.15 bits per heavy atom. The number of benzene rings is 2. The zero-order chi connectivity index (χ0) is 20.0. The molecule has 0 unspecified atom stereocenters. The Morgan fingerprint density at radius 3 is 2.41 bits per heavy atom. The second-order valence-corrected chi connectivity index (χ2v) is 5.59. The fraction of sp³-hybridized carbons (Fsp3) is 0.118. The van der Waals surface area contributed by atoms with Gasteiger partial charge in [0.15, 0.2) is 0 Å². The summed E-state index contributed by atoms with van der Waals surface area (Å²) in [7, 11) is 1.32. The lowest BCUT2D eigenvalue weighted by Gasteiger charge is -2.17. The highest BCUT2D eigenvalue weighted by atomic mass is 35.5. The van der Waals surface area contributed by atoms with Crippen molar-refractivity contribution in [1.82, 2.24) is 10.6 Å². The number of esters is 1. The molecule has 0 saturated heterocycles. The van der Waals surface area contributed by atoms with Crippen LogP contribution in [0.15, 0.2) is 48.5 Å². The maximum Gasteiger partial charge on any atom is 0.339 e. The van der Waals surface area contributed by atoms with Gasteiger partial charge in [-0.25, -0.2) is 9.59 Å². The Bertz CT molecular complexity index is 887. The lowest BCUT2D eigenvalue weighted by molar-refractivity contribution is -0.384. The van der Waals surface area contributed by atoms with Crippen LogP contribution in [0, 0.1) is 10.1 Å². The molecule has 0 aliphatic rings. The van der Waals surface area contributed by atoms with Gasteiger partial charge >= 0.3 is 12.0 Å². The highest BCUT2D eigenvalue weighted by Gasteiger charge is 2.28. The van der Waals surface area contributed by atoms with E-state index in [1.54, 1.807) is 18.2 Å². The number of carbonyl (C=O) groups is 3. The van der Waals surface area contributed by atoms with Gasteiger partial charge in [0.1, 0.15) is 5.02 Å². The summed E-state index contributed by atoms with van der Waals surface area (Å²) in [4.78, 5) is 46.4. The Morgan fingerprint density at radius 2 is 1.81 bits per heavy atom. The van der Waals surface area contributed by atoms with Crippen molar-refractivity contribution in [2.45, 2.75) is 6.10 Å². The predicted octanol–water partition coefficient (Wildman–Crippen LogP) is 2.60. The number of imide groups is 1. The molecule has 27 heavy (non-hydrogen) atoms. The number of hydrogen-bond donors (Lipinski definition) is 2. The Hall–Kier alpha value is -3.46. The monoisotopic (exact) mass is 391 g/mol. The molecule has 2 N–H and O–H groups in total. The number of carbonyl (C=O) groups excluding carboxylic acids is 3. The number of ether oxygens (including phenoxy) is 1. The van der Waals surface area contributed by atoms with Crippen LogP contribution in [-0.2, 0) is 9.53 Å². The third kappa shape index (κ3) is 5.02. The van der Waals surface area contributed by atoms with Crippen molar-refractivity contribution in [2.24, 2.45) is 0 Å². The second kappa shape index (κ2) is 8.77. The normalized spacial score (nSPS) is 11.2. The van der Waals surface area contributed by atoms with Crippen molar-refractivity contribution < 1.29 is 24.0 Å². The predicted molar refractivity (Wildman–Crippen MR) is 95.3 cm³/mol. The van der Waals surface area contributed by atoms with E-state index in [-0.39, 0.29) is 10.6 Å². The molecule has 0 aliphatic carbocycles. The van der Waals surface area contributed by atoms with Crippen LogP contribution in [0.3, 0.4) is 0 Å². The van der Waals surface area contributed by atoms with E-state index < -0.39 is 34.6 Å². The number of nitro groups is 1. The smallest absolute Gasteiger partial charge is 0.339 e. The van der Waals surface area contributed by atoms with Gasteiger partial charge in [0.25, 0.3) is 11.6 Å². The minimum absolute atomic E-state index is 0.145. The molecule has 0 spiro atoms. The van der Waals surface area contributed by atoms with Crippen molar-refractivity contribution in [3.05, 3.63) is 74.8 Å². The van der Waals surface area contributed by atoms with E-state index in [2.05, 4.69) is 5.32 Å². The average Bonchev–Trinajstić information content (AvgIpc) is 2.66. The number of rotatable bonds is 5. The summed E-state index contributed by atoms with van der Waals surface area (Å²) in [5.74, 6) is -1.87. The highest BCUT2D eigenvalue weighted by Crippen LogP contribution is 2.27. The first-order valence-corrected chi connectivity index (χ1v) is 7.93. The summed E-state index contributed by atoms with van der Waals surface area (Å²) < 4.78 is 5.21. The summed E-state index contributed by atoms with van der Waals surface area (Å²) in [6.07, 6.45) is -1.44. The first-order chi connectivity index (χ1) is 12.8. The minimum Gasteiger partial charge on any atom is -0.444 e. The Labute approximate surface area is 158 Å². The maximum absolute atomic E-state index is 12.4. The lowest BCUT2D eigenvalue weighted by Crippen LogP contribution is -2.41. The van der Waals surface area contributed by atoms with E-state index >= 15 is 0 Å². The number of urea groups is 1. The van der Waals surface area contributed by atoms with Crippen LogP contribution >= 0.6 is 11.6 Å². The van der Waals surface area contributed by atoms with E-state index in [4.69, 9.17) is 16.3 Å². The van der Waals surface area contributed by atoms with Crippen LogP contribution < -0.4 is 10.6 Å². The molecule has 2 rings (SSSR count). The van der Waals surface area contributed by atoms with Gasteiger partial charge in [-0.1, -0.05) is 41.9 Å². The molecule has 0 radical (unpaired) electrons. The van der Waals surface area contributed by atoms with Crippen molar-refractivity contribution in [3.63, 3.8) is 0 Å². The van der Waals surface area contributed by atoms with Gasteiger partial charge in [-0.15, -0.1) is 0 Å². The summed E-state index contributed by atoms with van der Waals surface area (Å²) in [6, 6.07) is 10.6. The number of hydrogen-bond acceptors (Lipinski definition) is 6. The molecular weight excluding hydrogens is 378 g/mol. The van der Waals surface area contributed by atoms with Crippen LogP contribution in [0.25, 0.3) is 0 Å². The number of nitrogens with one attached hydrogen (secondary N) is 2. The quantitative estimate of drug-likeness (QED) is 0.458. The molecule has 0 saturated carbocycles. The summed E-state index contributed by atoms with van der Waals surface area (Å²) in [5.41, 5.74) is -0.326. The third-order valence-corrected chi connectivity index (χ3v) is 3.73. The zero-order valence-electron chi connectivity index (χ0n) is 14.0. The topological polar surface area (TPSA) is 128 Å². The van der Waals surface area contributed by atoms with Crippen LogP contribution in [-0.4, -0.2) is 29.9 Å². The molecule has 140 valence electrons. The maximum atomic E-state index is 12.4. The largest absolute Gasteiger partial charge is 0.444 e. The number of amides is 3. The molecule has 0 aromatic heterocycles. The van der Waals surface area contributed by atoms with E-state index in [1.165, 1.54) is 31.3 Å². The van der Waals surface area contributed by atoms with Crippen LogP contribution in [0.4, 0.5) is 10.5 Å². The van der Waals surface area contributed by atoms with Crippen molar-refractivity contribution >= 4 is 35.2 Å². The van der Waals surface area contributed by atoms with E-state index in [0.29, 0.717) is 5.56 Å². The fourth-order valence-electron chi connectivity index (χ4n) is 2.10. The number of halogens is 1. The van der Waals surface area contributed by atoms with Crippen molar-refractivity contribution in [1.29, 1.82) is 0 Å². The van der Waals surface area contributed by atoms with Gasteiger partial charge in [-0.2, -0.15) is 0 Å². The highest BCUT2D eigenvalue weighted by molar-refractivity contribution is 6.32. The fourth-order valence-corrected chi connectivity index (χ4v) is 2.28. The first-order valence-electron chi connectivity index (χ1n) is 7.56. The standard InChI is InChI=1S/C17H14ClN3O6/c1-19-17(24)20-15(22)14(10-5-3-2-4-6-10)27-16(23)11-7-8-12(18)13(9-11)21(25)26/h2-9,14H,1H3,(H2,19,20,22,24)/t14-/m1/s1. The van der Waals surface area contributed by atoms with Gasteiger partial charge in [0.2, 0.25) is 6.10 Å². The average molecular weight is 392 g/mol.